The van der Waals surface area contributed by atoms with E-state index in [4.69, 9.17) is 26.4 Å². The summed E-state index contributed by atoms with van der Waals surface area (Å²) in [5, 5.41) is 10.7. The fourth-order valence-electron chi connectivity index (χ4n) is 3.19. The normalized spacial score (nSPS) is 15.9. The molecule has 1 unspecified atom stereocenters. The summed E-state index contributed by atoms with van der Waals surface area (Å²) in [6, 6.07) is 12.3. The van der Waals surface area contributed by atoms with Crippen molar-refractivity contribution in [2.24, 2.45) is 5.10 Å². The molecule has 3 rings (SSSR count). The molecule has 162 valence electrons. The lowest BCUT2D eigenvalue weighted by atomic mass is 9.95. The summed E-state index contributed by atoms with van der Waals surface area (Å²) in [6.45, 7) is 1.80. The fourth-order valence-corrected chi connectivity index (χ4v) is 3.46. The maximum atomic E-state index is 13.0. The van der Waals surface area contributed by atoms with Crippen molar-refractivity contribution in [1.82, 2.24) is 16.1 Å². The van der Waals surface area contributed by atoms with Gasteiger partial charge in [-0.1, -0.05) is 12.1 Å². The molecule has 2 aromatic rings. The average molecular weight is 441 g/mol. The maximum absolute atomic E-state index is 13.0. The van der Waals surface area contributed by atoms with Crippen LogP contribution in [-0.4, -0.2) is 38.6 Å². The highest BCUT2D eigenvalue weighted by Crippen LogP contribution is 2.28. The number of carbonyl (C=O) groups is 1. The second-order valence-electron chi connectivity index (χ2n) is 6.65. The van der Waals surface area contributed by atoms with Crippen LogP contribution in [0.3, 0.4) is 0 Å². The molecule has 31 heavy (non-hydrogen) atoms. The molecule has 1 amide bonds. The first kappa shape index (κ1) is 22.1. The van der Waals surface area contributed by atoms with Crippen molar-refractivity contribution >= 4 is 29.5 Å². The Labute approximate surface area is 186 Å². The van der Waals surface area contributed by atoms with Gasteiger partial charge >= 0.3 is 0 Å². The molecule has 2 aromatic carbocycles. The Balaban J connectivity index is 1.81. The number of rotatable bonds is 7. The predicted molar refractivity (Wildman–Crippen MR) is 123 cm³/mol. The lowest BCUT2D eigenvalue weighted by Gasteiger charge is -2.30. The molecule has 0 fully saturated rings. The van der Waals surface area contributed by atoms with Crippen LogP contribution in [0.15, 0.2) is 58.8 Å². The molecule has 1 heterocycles. The Morgan fingerprint density at radius 1 is 1.06 bits per heavy atom. The van der Waals surface area contributed by atoms with Gasteiger partial charge in [0.05, 0.1) is 39.2 Å². The van der Waals surface area contributed by atoms with Gasteiger partial charge in [-0.3, -0.25) is 4.79 Å². The van der Waals surface area contributed by atoms with E-state index in [1.54, 1.807) is 46.5 Å². The zero-order valence-electron chi connectivity index (χ0n) is 17.7. The van der Waals surface area contributed by atoms with E-state index in [0.29, 0.717) is 33.4 Å². The number of ether oxygens (including phenoxy) is 3. The zero-order valence-corrected chi connectivity index (χ0v) is 18.5. The molecule has 0 radical (unpaired) electrons. The van der Waals surface area contributed by atoms with Crippen LogP contribution in [0.1, 0.15) is 24.1 Å². The summed E-state index contributed by atoms with van der Waals surface area (Å²) >= 11 is 5.28. The summed E-state index contributed by atoms with van der Waals surface area (Å²) in [7, 11) is 4.74. The quantitative estimate of drug-likeness (QED) is 0.346. The van der Waals surface area contributed by atoms with Gasteiger partial charge in [-0.05, 0) is 49.0 Å². The molecule has 9 heteroatoms. The van der Waals surface area contributed by atoms with Crippen LogP contribution < -0.4 is 30.3 Å². The first-order valence-electron chi connectivity index (χ1n) is 9.44. The van der Waals surface area contributed by atoms with E-state index in [9.17, 15) is 4.79 Å². The number of hydrazone groups is 1. The SMILES string of the molecule is COc1ccc(C2NC(=S)NC(C)=C2C(=O)N/N=C/c2ccc(OC)cc2OC)cc1. The zero-order chi connectivity index (χ0) is 22.4. The van der Waals surface area contributed by atoms with Gasteiger partial charge in [0.1, 0.15) is 17.2 Å². The van der Waals surface area contributed by atoms with Gasteiger partial charge in [0.2, 0.25) is 0 Å². The van der Waals surface area contributed by atoms with Crippen molar-refractivity contribution in [2.75, 3.05) is 21.3 Å². The number of hydrogen-bond donors (Lipinski definition) is 3. The second kappa shape index (κ2) is 9.94. The van der Waals surface area contributed by atoms with E-state index < -0.39 is 6.04 Å². The van der Waals surface area contributed by atoms with E-state index in [0.717, 1.165) is 11.3 Å². The Kier molecular flexibility index (Phi) is 7.09. The summed E-state index contributed by atoms with van der Waals surface area (Å²) in [6.07, 6.45) is 1.52. The molecule has 1 atom stereocenters. The number of nitrogens with one attached hydrogen (secondary N) is 3. The molecule has 0 aromatic heterocycles. The van der Waals surface area contributed by atoms with Gasteiger partial charge in [0, 0.05) is 17.3 Å². The first-order chi connectivity index (χ1) is 15.0. The minimum atomic E-state index is -0.426. The third-order valence-corrected chi connectivity index (χ3v) is 4.99. The second-order valence-corrected chi connectivity index (χ2v) is 7.06. The van der Waals surface area contributed by atoms with Crippen LogP contribution >= 0.6 is 12.2 Å². The highest BCUT2D eigenvalue weighted by molar-refractivity contribution is 7.80. The Bertz CT molecular complexity index is 1030. The molecule has 1 aliphatic rings. The predicted octanol–water partition coefficient (Wildman–Crippen LogP) is 2.66. The maximum Gasteiger partial charge on any atom is 0.271 e. The minimum absolute atomic E-state index is 0.357. The van der Waals surface area contributed by atoms with Crippen molar-refractivity contribution < 1.29 is 19.0 Å². The Morgan fingerprint density at radius 2 is 1.74 bits per heavy atom. The van der Waals surface area contributed by atoms with Crippen LogP contribution in [0.4, 0.5) is 0 Å². The molecular weight excluding hydrogens is 416 g/mol. The molecule has 3 N–H and O–H groups in total. The van der Waals surface area contributed by atoms with Crippen molar-refractivity contribution in [3.63, 3.8) is 0 Å². The smallest absolute Gasteiger partial charge is 0.271 e. The van der Waals surface area contributed by atoms with Crippen molar-refractivity contribution in [3.05, 3.63) is 64.9 Å². The van der Waals surface area contributed by atoms with Crippen LogP contribution in [0.2, 0.25) is 0 Å². The third-order valence-electron chi connectivity index (χ3n) is 4.77. The van der Waals surface area contributed by atoms with Gasteiger partial charge in [-0.15, -0.1) is 0 Å². The third kappa shape index (κ3) is 5.13. The molecule has 0 saturated carbocycles. The van der Waals surface area contributed by atoms with Gasteiger partial charge in [0.25, 0.3) is 5.91 Å². The largest absolute Gasteiger partial charge is 0.497 e. The Morgan fingerprint density at radius 3 is 2.39 bits per heavy atom. The van der Waals surface area contributed by atoms with E-state index in [2.05, 4.69) is 21.2 Å². The van der Waals surface area contributed by atoms with Crippen LogP contribution in [-0.2, 0) is 4.79 Å². The number of benzene rings is 2. The minimum Gasteiger partial charge on any atom is -0.497 e. The standard InChI is InChI=1S/C22H24N4O4S/c1-13-19(20(25-22(31)24-13)14-5-8-16(28-2)9-6-14)21(27)26-23-12-15-7-10-17(29-3)11-18(15)30-4/h5-12,20H,1-4H3,(H,26,27)(H2,24,25,31)/b23-12+. The molecular formula is C22H24N4O4S. The number of allylic oxidation sites excluding steroid dienone is 1. The van der Waals surface area contributed by atoms with Gasteiger partial charge in [-0.25, -0.2) is 5.43 Å². The number of methoxy groups -OCH3 is 3. The number of nitrogens with zero attached hydrogens (tertiary/aromatic N) is 1. The van der Waals surface area contributed by atoms with Crippen LogP contribution in [0, 0.1) is 0 Å². The summed E-state index contributed by atoms with van der Waals surface area (Å²) in [5.74, 6) is 1.61. The summed E-state index contributed by atoms with van der Waals surface area (Å²) in [5.41, 5.74) is 5.29. The van der Waals surface area contributed by atoms with Gasteiger partial charge in [0.15, 0.2) is 5.11 Å². The molecule has 0 bridgehead atoms. The topological polar surface area (TPSA) is 93.2 Å². The van der Waals surface area contributed by atoms with Crippen molar-refractivity contribution in [3.8, 4) is 17.2 Å². The van der Waals surface area contributed by atoms with Gasteiger partial charge < -0.3 is 24.8 Å². The first-order valence-corrected chi connectivity index (χ1v) is 9.85. The monoisotopic (exact) mass is 440 g/mol. The number of carbonyl (C=O) groups excluding carboxylic acids is 1. The lowest BCUT2D eigenvalue weighted by molar-refractivity contribution is -0.117. The van der Waals surface area contributed by atoms with Crippen LogP contribution in [0.25, 0.3) is 0 Å². The summed E-state index contributed by atoms with van der Waals surface area (Å²) in [4.78, 5) is 13.0. The van der Waals surface area contributed by atoms with Crippen molar-refractivity contribution in [2.45, 2.75) is 13.0 Å². The highest BCUT2D eigenvalue weighted by atomic mass is 32.1. The lowest BCUT2D eigenvalue weighted by Crippen LogP contribution is -2.46. The summed E-state index contributed by atoms with van der Waals surface area (Å²) < 4.78 is 15.8. The van der Waals surface area contributed by atoms with E-state index in [1.807, 2.05) is 24.3 Å². The van der Waals surface area contributed by atoms with E-state index >= 15 is 0 Å². The van der Waals surface area contributed by atoms with E-state index in [-0.39, 0.29) is 5.91 Å². The molecule has 0 spiro atoms. The molecule has 1 aliphatic heterocycles. The van der Waals surface area contributed by atoms with Crippen molar-refractivity contribution in [1.29, 1.82) is 0 Å². The van der Waals surface area contributed by atoms with Crippen LogP contribution in [0.5, 0.6) is 17.2 Å². The van der Waals surface area contributed by atoms with E-state index in [1.165, 1.54) is 6.21 Å². The average Bonchev–Trinajstić information content (AvgIpc) is 2.78. The van der Waals surface area contributed by atoms with Gasteiger partial charge in [-0.2, -0.15) is 5.10 Å². The highest BCUT2D eigenvalue weighted by Gasteiger charge is 2.29. The molecule has 0 saturated heterocycles. The molecule has 8 nitrogen and oxygen atoms in total. The molecule has 0 aliphatic carbocycles. The Hall–Kier alpha value is -3.59. The number of amides is 1. The number of thiocarbonyl (C=S) groups is 1. The fraction of sp³-hybridized carbons (Fsp3) is 0.227. The number of hydrogen-bond acceptors (Lipinski definition) is 6.